The van der Waals surface area contributed by atoms with Crippen molar-refractivity contribution < 1.29 is 9.53 Å². The summed E-state index contributed by atoms with van der Waals surface area (Å²) in [6, 6.07) is 9.75. The van der Waals surface area contributed by atoms with Crippen LogP contribution in [0.3, 0.4) is 0 Å². The maximum absolute atomic E-state index is 11.0. The van der Waals surface area contributed by atoms with Gasteiger partial charge in [0.2, 0.25) is 5.91 Å². The van der Waals surface area contributed by atoms with Gasteiger partial charge in [-0.15, -0.1) is 0 Å². The number of halogens is 2. The molecule has 104 valence electrons. The van der Waals surface area contributed by atoms with Crippen LogP contribution in [0.25, 0.3) is 0 Å². The molecule has 4 nitrogen and oxygen atoms in total. The summed E-state index contributed by atoms with van der Waals surface area (Å²) in [5.74, 6) is -0.0500. The first-order valence-electron chi connectivity index (χ1n) is 5.73. The van der Waals surface area contributed by atoms with Gasteiger partial charge in [-0.25, -0.2) is 0 Å². The van der Waals surface area contributed by atoms with Crippen molar-refractivity contribution in [3.8, 4) is 5.75 Å². The fourth-order valence-corrected chi connectivity index (χ4v) is 2.00. The third kappa shape index (κ3) is 3.35. The molecule has 2 aromatic rings. The van der Waals surface area contributed by atoms with Crippen molar-refractivity contribution >= 4 is 34.8 Å². The molecule has 0 atom stereocenters. The monoisotopic (exact) mass is 310 g/mol. The Morgan fingerprint density at radius 2 is 1.90 bits per heavy atom. The van der Waals surface area contributed by atoms with E-state index < -0.39 is 5.91 Å². The lowest BCUT2D eigenvalue weighted by Gasteiger charge is -2.10. The molecule has 2 rings (SSSR count). The number of rotatable bonds is 4. The summed E-state index contributed by atoms with van der Waals surface area (Å²) in [5, 5.41) is 0.936. The Labute approximate surface area is 126 Å². The second-order valence-corrected chi connectivity index (χ2v) is 4.98. The van der Waals surface area contributed by atoms with Crippen molar-refractivity contribution in [3.05, 3.63) is 57.6 Å². The zero-order chi connectivity index (χ0) is 14.7. The summed E-state index contributed by atoms with van der Waals surface area (Å²) in [4.78, 5) is 11.0. The number of hydrogen-bond acceptors (Lipinski definition) is 3. The van der Waals surface area contributed by atoms with Crippen molar-refractivity contribution in [3.63, 3.8) is 0 Å². The van der Waals surface area contributed by atoms with Gasteiger partial charge < -0.3 is 16.2 Å². The summed E-state index contributed by atoms with van der Waals surface area (Å²) in [6.07, 6.45) is 0. The van der Waals surface area contributed by atoms with E-state index in [4.69, 9.17) is 39.4 Å². The van der Waals surface area contributed by atoms with Gasteiger partial charge in [-0.2, -0.15) is 0 Å². The number of ether oxygens (including phenoxy) is 1. The van der Waals surface area contributed by atoms with Gasteiger partial charge in [-0.05, 0) is 24.3 Å². The first-order valence-corrected chi connectivity index (χ1v) is 6.49. The van der Waals surface area contributed by atoms with E-state index in [1.54, 1.807) is 30.3 Å². The Morgan fingerprint density at radius 1 is 1.15 bits per heavy atom. The molecule has 0 aliphatic heterocycles. The molecule has 0 saturated heterocycles. The molecular formula is C14H12Cl2N2O2. The fraction of sp³-hybridized carbons (Fsp3) is 0.0714. The van der Waals surface area contributed by atoms with Crippen LogP contribution in [-0.4, -0.2) is 5.91 Å². The van der Waals surface area contributed by atoms with E-state index in [0.717, 1.165) is 5.56 Å². The topological polar surface area (TPSA) is 78.3 Å². The number of carbonyl (C=O) groups is 1. The van der Waals surface area contributed by atoms with Gasteiger partial charge in [-0.1, -0.05) is 29.3 Å². The van der Waals surface area contributed by atoms with Crippen LogP contribution in [0.2, 0.25) is 10.0 Å². The average molecular weight is 311 g/mol. The first kappa shape index (κ1) is 14.5. The minimum absolute atomic E-state index is 0.211. The fourth-order valence-electron chi connectivity index (χ4n) is 1.61. The summed E-state index contributed by atoms with van der Waals surface area (Å²) in [7, 11) is 0. The van der Waals surface area contributed by atoms with Crippen molar-refractivity contribution in [2.45, 2.75) is 6.61 Å². The molecule has 20 heavy (non-hydrogen) atoms. The number of carbonyl (C=O) groups excluding carboxylic acids is 1. The standard InChI is InChI=1S/C14H12Cl2N2O2/c15-10-3-4-12(17)13(6-10)20-7-9-2-1-8(14(18)19)5-11(9)16/h1-6H,7,17H2,(H2,18,19). The van der Waals surface area contributed by atoms with E-state index in [0.29, 0.717) is 27.0 Å². The molecule has 6 heteroatoms. The van der Waals surface area contributed by atoms with Crippen LogP contribution in [0.1, 0.15) is 15.9 Å². The number of primary amides is 1. The molecule has 0 aliphatic rings. The zero-order valence-corrected chi connectivity index (χ0v) is 11.9. The van der Waals surface area contributed by atoms with Gasteiger partial charge in [-0.3, -0.25) is 4.79 Å². The Morgan fingerprint density at radius 3 is 2.55 bits per heavy atom. The molecule has 0 aromatic heterocycles. The van der Waals surface area contributed by atoms with E-state index in [9.17, 15) is 4.79 Å². The number of nitrogens with two attached hydrogens (primary N) is 2. The molecule has 2 aromatic carbocycles. The molecule has 0 saturated carbocycles. The highest BCUT2D eigenvalue weighted by atomic mass is 35.5. The minimum Gasteiger partial charge on any atom is -0.487 e. The number of amides is 1. The second kappa shape index (κ2) is 6.03. The minimum atomic E-state index is -0.529. The average Bonchev–Trinajstić information content (AvgIpc) is 2.40. The molecule has 0 spiro atoms. The number of anilines is 1. The summed E-state index contributed by atoms with van der Waals surface area (Å²) in [5.41, 5.74) is 12.5. The molecule has 0 radical (unpaired) electrons. The van der Waals surface area contributed by atoms with E-state index in [1.165, 1.54) is 6.07 Å². The predicted molar refractivity (Wildman–Crippen MR) is 80.2 cm³/mol. The number of benzene rings is 2. The first-order chi connectivity index (χ1) is 9.47. The largest absolute Gasteiger partial charge is 0.487 e. The van der Waals surface area contributed by atoms with E-state index in [-0.39, 0.29) is 6.61 Å². The molecular weight excluding hydrogens is 299 g/mol. The maximum Gasteiger partial charge on any atom is 0.248 e. The van der Waals surface area contributed by atoms with Crippen LogP contribution in [0, 0.1) is 0 Å². The van der Waals surface area contributed by atoms with Crippen LogP contribution < -0.4 is 16.2 Å². The van der Waals surface area contributed by atoms with Crippen LogP contribution >= 0.6 is 23.2 Å². The smallest absolute Gasteiger partial charge is 0.248 e. The molecule has 1 amide bonds. The van der Waals surface area contributed by atoms with E-state index in [2.05, 4.69) is 0 Å². The van der Waals surface area contributed by atoms with Crippen molar-refractivity contribution in [2.24, 2.45) is 5.73 Å². The normalized spacial score (nSPS) is 10.3. The zero-order valence-electron chi connectivity index (χ0n) is 10.4. The Balaban J connectivity index is 2.15. The molecule has 0 fully saturated rings. The summed E-state index contributed by atoms with van der Waals surface area (Å²) in [6.45, 7) is 0.211. The maximum atomic E-state index is 11.0. The Bertz CT molecular complexity index is 660. The van der Waals surface area contributed by atoms with Crippen LogP contribution in [0.4, 0.5) is 5.69 Å². The molecule has 0 aliphatic carbocycles. The van der Waals surface area contributed by atoms with Crippen LogP contribution in [0.15, 0.2) is 36.4 Å². The molecule has 0 bridgehead atoms. The van der Waals surface area contributed by atoms with Gasteiger partial charge in [0.15, 0.2) is 0 Å². The van der Waals surface area contributed by atoms with Gasteiger partial charge in [0.25, 0.3) is 0 Å². The second-order valence-electron chi connectivity index (χ2n) is 4.14. The van der Waals surface area contributed by atoms with Crippen molar-refractivity contribution in [1.82, 2.24) is 0 Å². The Hall–Kier alpha value is -1.91. The third-order valence-electron chi connectivity index (χ3n) is 2.70. The lowest BCUT2D eigenvalue weighted by Crippen LogP contribution is -2.11. The van der Waals surface area contributed by atoms with E-state index in [1.807, 2.05) is 0 Å². The number of hydrogen-bond donors (Lipinski definition) is 2. The predicted octanol–water partition coefficient (Wildman–Crippen LogP) is 3.25. The van der Waals surface area contributed by atoms with Gasteiger partial charge in [0.05, 0.1) is 5.69 Å². The number of nitrogen functional groups attached to an aromatic ring is 1. The van der Waals surface area contributed by atoms with Crippen molar-refractivity contribution in [2.75, 3.05) is 5.73 Å². The third-order valence-corrected chi connectivity index (χ3v) is 3.28. The Kier molecular flexibility index (Phi) is 4.37. The lowest BCUT2D eigenvalue weighted by molar-refractivity contribution is 0.1000. The summed E-state index contributed by atoms with van der Waals surface area (Å²) < 4.78 is 5.57. The van der Waals surface area contributed by atoms with Gasteiger partial charge >= 0.3 is 0 Å². The highest BCUT2D eigenvalue weighted by Gasteiger charge is 2.08. The molecule has 4 N–H and O–H groups in total. The van der Waals surface area contributed by atoms with Crippen LogP contribution in [0.5, 0.6) is 5.75 Å². The van der Waals surface area contributed by atoms with E-state index >= 15 is 0 Å². The highest BCUT2D eigenvalue weighted by molar-refractivity contribution is 6.31. The highest BCUT2D eigenvalue weighted by Crippen LogP contribution is 2.27. The SMILES string of the molecule is NC(=O)c1ccc(COc2cc(Cl)ccc2N)c(Cl)c1. The summed E-state index contributed by atoms with van der Waals surface area (Å²) >= 11 is 11.9. The quantitative estimate of drug-likeness (QED) is 0.851. The molecule has 0 unspecified atom stereocenters. The van der Waals surface area contributed by atoms with Gasteiger partial charge in [0, 0.05) is 27.2 Å². The van der Waals surface area contributed by atoms with Gasteiger partial charge in [0.1, 0.15) is 12.4 Å². The molecule has 0 heterocycles. The van der Waals surface area contributed by atoms with Crippen LogP contribution in [-0.2, 0) is 6.61 Å². The lowest BCUT2D eigenvalue weighted by atomic mass is 10.1. The van der Waals surface area contributed by atoms with Crippen molar-refractivity contribution in [1.29, 1.82) is 0 Å².